The van der Waals surface area contributed by atoms with Gasteiger partial charge < -0.3 is 4.98 Å². The average molecular weight is 293 g/mol. The second kappa shape index (κ2) is 4.47. The van der Waals surface area contributed by atoms with E-state index in [1.165, 1.54) is 6.07 Å². The number of aromatic amines is 1. The number of hydrogen-bond donors (Lipinski definition) is 1. The number of halogens is 2. The Balaban J connectivity index is 2.35. The van der Waals surface area contributed by atoms with Gasteiger partial charge in [0.05, 0.1) is 16.7 Å². The van der Waals surface area contributed by atoms with Gasteiger partial charge in [-0.25, -0.2) is 4.39 Å². The van der Waals surface area contributed by atoms with Crippen LogP contribution in [0.3, 0.4) is 0 Å². The summed E-state index contributed by atoms with van der Waals surface area (Å²) in [6, 6.07) is 10.5. The first-order valence-electron chi connectivity index (χ1n) is 5.73. The molecule has 0 fully saturated rings. The molecule has 2 nitrogen and oxygen atoms in total. The highest BCUT2D eigenvalue weighted by atomic mass is 35.5. The number of H-pyrrole nitrogens is 1. The van der Waals surface area contributed by atoms with Crippen LogP contribution in [0.4, 0.5) is 4.39 Å². The highest BCUT2D eigenvalue weighted by Crippen LogP contribution is 2.23. The molecule has 0 saturated carbocycles. The van der Waals surface area contributed by atoms with Crippen molar-refractivity contribution in [2.24, 2.45) is 0 Å². The summed E-state index contributed by atoms with van der Waals surface area (Å²) in [6.45, 7) is 1.73. The van der Waals surface area contributed by atoms with Crippen LogP contribution in [0.1, 0.15) is 5.56 Å². The molecular formula is C14H10ClFN2S. The molecule has 0 saturated heterocycles. The minimum Gasteiger partial charge on any atom is -0.330 e. The maximum atomic E-state index is 13.7. The molecular weight excluding hydrogens is 283 g/mol. The van der Waals surface area contributed by atoms with Crippen LogP contribution in [0.5, 0.6) is 0 Å². The highest BCUT2D eigenvalue weighted by Gasteiger charge is 2.08. The van der Waals surface area contributed by atoms with Gasteiger partial charge in [0.2, 0.25) is 0 Å². The quantitative estimate of drug-likeness (QED) is 0.640. The molecule has 0 aliphatic heterocycles. The van der Waals surface area contributed by atoms with E-state index in [1.807, 2.05) is 12.1 Å². The van der Waals surface area contributed by atoms with Crippen LogP contribution in [-0.4, -0.2) is 9.55 Å². The summed E-state index contributed by atoms with van der Waals surface area (Å²) in [5, 5.41) is 0.614. The molecule has 3 aromatic rings. The molecule has 2 aromatic carbocycles. The molecule has 0 radical (unpaired) electrons. The number of nitrogens with one attached hydrogen (secondary N) is 1. The lowest BCUT2D eigenvalue weighted by atomic mass is 10.2. The van der Waals surface area contributed by atoms with Crippen molar-refractivity contribution in [1.29, 1.82) is 0 Å². The molecule has 0 unspecified atom stereocenters. The van der Waals surface area contributed by atoms with E-state index < -0.39 is 0 Å². The van der Waals surface area contributed by atoms with E-state index in [2.05, 4.69) is 4.98 Å². The molecule has 96 valence electrons. The fraction of sp³-hybridized carbons (Fsp3) is 0.0714. The van der Waals surface area contributed by atoms with Crippen LogP contribution in [0.15, 0.2) is 36.4 Å². The number of rotatable bonds is 1. The van der Waals surface area contributed by atoms with Gasteiger partial charge in [0.1, 0.15) is 5.82 Å². The Kier molecular flexibility index (Phi) is 2.92. The summed E-state index contributed by atoms with van der Waals surface area (Å²) in [5.74, 6) is -0.254. The minimum absolute atomic E-state index is 0.254. The Morgan fingerprint density at radius 3 is 2.74 bits per heavy atom. The Morgan fingerprint density at radius 1 is 1.21 bits per heavy atom. The van der Waals surface area contributed by atoms with E-state index >= 15 is 0 Å². The SMILES string of the molecule is Cc1ccc(-n2c(=S)[nH]c3ccc(Cl)cc32)cc1F. The number of aromatic nitrogens is 2. The van der Waals surface area contributed by atoms with E-state index in [0.717, 1.165) is 11.0 Å². The second-order valence-corrected chi connectivity index (χ2v) is 5.18. The molecule has 0 spiro atoms. The Labute approximate surface area is 119 Å². The molecule has 5 heteroatoms. The molecule has 0 atom stereocenters. The van der Waals surface area contributed by atoms with Gasteiger partial charge in [0.25, 0.3) is 0 Å². The Bertz CT molecular complexity index is 835. The molecule has 0 aliphatic carbocycles. The van der Waals surface area contributed by atoms with E-state index in [-0.39, 0.29) is 5.82 Å². The van der Waals surface area contributed by atoms with E-state index in [1.54, 1.807) is 29.7 Å². The number of aryl methyl sites for hydroxylation is 1. The number of nitrogens with zero attached hydrogens (tertiary/aromatic N) is 1. The average Bonchev–Trinajstić information content (AvgIpc) is 2.68. The highest BCUT2D eigenvalue weighted by molar-refractivity contribution is 7.71. The first-order chi connectivity index (χ1) is 9.06. The van der Waals surface area contributed by atoms with Crippen molar-refractivity contribution in [2.75, 3.05) is 0 Å². The third-order valence-electron chi connectivity index (χ3n) is 3.06. The largest absolute Gasteiger partial charge is 0.330 e. The predicted molar refractivity (Wildman–Crippen MR) is 78.2 cm³/mol. The summed E-state index contributed by atoms with van der Waals surface area (Å²) in [4.78, 5) is 3.08. The van der Waals surface area contributed by atoms with Gasteiger partial charge >= 0.3 is 0 Å². The van der Waals surface area contributed by atoms with Crippen molar-refractivity contribution in [3.8, 4) is 5.69 Å². The summed E-state index contributed by atoms with van der Waals surface area (Å²) in [5.41, 5.74) is 2.99. The van der Waals surface area contributed by atoms with Crippen molar-refractivity contribution in [3.63, 3.8) is 0 Å². The Morgan fingerprint density at radius 2 is 2.00 bits per heavy atom. The van der Waals surface area contributed by atoms with Gasteiger partial charge in [-0.05, 0) is 55.0 Å². The first-order valence-corrected chi connectivity index (χ1v) is 6.52. The van der Waals surface area contributed by atoms with E-state index in [9.17, 15) is 4.39 Å². The zero-order valence-electron chi connectivity index (χ0n) is 10.1. The van der Waals surface area contributed by atoms with Crippen LogP contribution in [-0.2, 0) is 0 Å². The smallest absolute Gasteiger partial charge is 0.182 e. The number of imidazole rings is 1. The molecule has 1 heterocycles. The van der Waals surface area contributed by atoms with Crippen molar-refractivity contribution >= 4 is 34.9 Å². The number of fused-ring (bicyclic) bond motifs is 1. The van der Waals surface area contributed by atoms with Crippen LogP contribution < -0.4 is 0 Å². The molecule has 0 bridgehead atoms. The fourth-order valence-corrected chi connectivity index (χ4v) is 2.53. The summed E-state index contributed by atoms with van der Waals surface area (Å²) in [7, 11) is 0. The summed E-state index contributed by atoms with van der Waals surface area (Å²) in [6.07, 6.45) is 0. The van der Waals surface area contributed by atoms with Crippen molar-refractivity contribution in [2.45, 2.75) is 6.92 Å². The van der Waals surface area contributed by atoms with Crippen molar-refractivity contribution in [1.82, 2.24) is 9.55 Å². The molecule has 0 aliphatic rings. The summed E-state index contributed by atoms with van der Waals surface area (Å²) < 4.78 is 16.0. The third kappa shape index (κ3) is 2.07. The molecule has 3 rings (SSSR count). The lowest BCUT2D eigenvalue weighted by Gasteiger charge is -2.06. The van der Waals surface area contributed by atoms with Gasteiger partial charge in [-0.2, -0.15) is 0 Å². The maximum absolute atomic E-state index is 13.7. The zero-order valence-corrected chi connectivity index (χ0v) is 11.6. The maximum Gasteiger partial charge on any atom is 0.182 e. The molecule has 0 amide bonds. The van der Waals surface area contributed by atoms with Gasteiger partial charge in [-0.15, -0.1) is 0 Å². The first kappa shape index (κ1) is 12.4. The van der Waals surface area contributed by atoms with E-state index in [0.29, 0.717) is 21.0 Å². The molecule has 1 aromatic heterocycles. The van der Waals surface area contributed by atoms with Crippen molar-refractivity contribution in [3.05, 3.63) is 57.6 Å². The van der Waals surface area contributed by atoms with Gasteiger partial charge in [0, 0.05) is 5.02 Å². The third-order valence-corrected chi connectivity index (χ3v) is 3.58. The topological polar surface area (TPSA) is 20.7 Å². The van der Waals surface area contributed by atoms with Crippen LogP contribution in [0.25, 0.3) is 16.7 Å². The van der Waals surface area contributed by atoms with Gasteiger partial charge in [-0.1, -0.05) is 17.7 Å². The predicted octanol–water partition coefficient (Wildman–Crippen LogP) is 4.79. The van der Waals surface area contributed by atoms with Crippen molar-refractivity contribution < 1.29 is 4.39 Å². The van der Waals surface area contributed by atoms with E-state index in [4.69, 9.17) is 23.8 Å². The minimum atomic E-state index is -0.254. The van der Waals surface area contributed by atoms with Gasteiger partial charge in [-0.3, -0.25) is 4.57 Å². The monoisotopic (exact) mass is 292 g/mol. The summed E-state index contributed by atoms with van der Waals surface area (Å²) >= 11 is 11.3. The fourth-order valence-electron chi connectivity index (χ4n) is 2.05. The lowest BCUT2D eigenvalue weighted by molar-refractivity contribution is 0.617. The standard InChI is InChI=1S/C14H10ClFN2S/c1-8-2-4-10(7-11(8)16)18-13-6-9(15)3-5-12(13)17-14(18)19/h2-7H,1H3,(H,17,19). The zero-order chi connectivity index (χ0) is 13.6. The molecule has 19 heavy (non-hydrogen) atoms. The Hall–Kier alpha value is -1.65. The lowest BCUT2D eigenvalue weighted by Crippen LogP contribution is -1.95. The van der Waals surface area contributed by atoms with Gasteiger partial charge in [0.15, 0.2) is 4.77 Å². The second-order valence-electron chi connectivity index (χ2n) is 4.36. The van der Waals surface area contributed by atoms with Crippen LogP contribution >= 0.6 is 23.8 Å². The van der Waals surface area contributed by atoms with Crippen LogP contribution in [0, 0.1) is 17.5 Å². The number of benzene rings is 2. The normalized spacial score (nSPS) is 11.1. The molecule has 1 N–H and O–H groups in total. The number of hydrogen-bond acceptors (Lipinski definition) is 1. The van der Waals surface area contributed by atoms with Crippen LogP contribution in [0.2, 0.25) is 5.02 Å².